The molecule has 2 aromatic rings. The zero-order valence-electron chi connectivity index (χ0n) is 14.1. The summed E-state index contributed by atoms with van der Waals surface area (Å²) in [6, 6.07) is 5.67. The molecule has 0 radical (unpaired) electrons. The predicted molar refractivity (Wildman–Crippen MR) is 82.0 cm³/mol. The summed E-state index contributed by atoms with van der Waals surface area (Å²) in [4.78, 5) is 23.4. The van der Waals surface area contributed by atoms with E-state index in [9.17, 15) is 44.7 Å². The number of halogens is 8. The van der Waals surface area contributed by atoms with Crippen molar-refractivity contribution >= 4 is 11.8 Å². The van der Waals surface area contributed by atoms with Crippen LogP contribution in [0.15, 0.2) is 48.5 Å². The van der Waals surface area contributed by atoms with Gasteiger partial charge in [0.25, 0.3) is 0 Å². The largest absolute Gasteiger partial charge is 0.456 e. The molecule has 0 spiro atoms. The number of carbonyl (C=O) groups excluding carboxylic acids is 2. The average molecular weight is 426 g/mol. The summed E-state index contributed by atoms with van der Waals surface area (Å²) in [6.45, 7) is -1.22. The van der Waals surface area contributed by atoms with Crippen molar-refractivity contribution in [2.75, 3.05) is 0 Å². The molecule has 0 atom stereocenters. The van der Waals surface area contributed by atoms with Gasteiger partial charge in [-0.1, -0.05) is 30.3 Å². The summed E-state index contributed by atoms with van der Waals surface area (Å²) in [5.41, 5.74) is -4.39. The third-order valence-corrected chi connectivity index (χ3v) is 3.68. The van der Waals surface area contributed by atoms with Crippen molar-refractivity contribution in [3.63, 3.8) is 0 Å². The Morgan fingerprint density at radius 1 is 0.793 bits per heavy atom. The molecule has 0 heterocycles. The minimum absolute atomic E-state index is 0.127. The third-order valence-electron chi connectivity index (χ3n) is 3.68. The Kier molecular flexibility index (Phi) is 6.00. The van der Waals surface area contributed by atoms with Crippen molar-refractivity contribution in [1.82, 2.24) is 0 Å². The Hall–Kier alpha value is -2.98. The summed E-state index contributed by atoms with van der Waals surface area (Å²) in [5, 5.41) is 0. The van der Waals surface area contributed by atoms with Crippen molar-refractivity contribution in [2.45, 2.75) is 24.9 Å². The number of ketones is 1. The Labute approximate surface area is 157 Å². The van der Waals surface area contributed by atoms with E-state index in [0.29, 0.717) is 24.3 Å². The van der Waals surface area contributed by atoms with Gasteiger partial charge in [0.1, 0.15) is 6.61 Å². The number of hydrogen-bond donors (Lipinski definition) is 0. The quantitative estimate of drug-likeness (QED) is 0.283. The summed E-state index contributed by atoms with van der Waals surface area (Å²) < 4.78 is 109. The first kappa shape index (κ1) is 22.3. The average Bonchev–Trinajstić information content (AvgIpc) is 2.64. The molecule has 0 aromatic heterocycles. The SMILES string of the molecule is O=C(OCc1ccccc1C(F)(F)F)C(F)(F)C(=O)c1cccc(C(F)(F)F)c1. The molecule has 2 aromatic carbocycles. The van der Waals surface area contributed by atoms with Gasteiger partial charge in [-0.15, -0.1) is 0 Å². The fourth-order valence-electron chi connectivity index (χ4n) is 2.27. The van der Waals surface area contributed by atoms with Crippen LogP contribution in [0.25, 0.3) is 0 Å². The number of alkyl halides is 8. The fraction of sp³-hybridized carbons (Fsp3) is 0.222. The maximum absolute atomic E-state index is 14.0. The van der Waals surface area contributed by atoms with Crippen molar-refractivity contribution < 1.29 is 49.4 Å². The molecule has 0 bridgehead atoms. The molecule has 0 amide bonds. The summed E-state index contributed by atoms with van der Waals surface area (Å²) in [6.07, 6.45) is -9.77. The normalized spacial score (nSPS) is 12.6. The molecule has 0 unspecified atom stereocenters. The lowest BCUT2D eigenvalue weighted by Crippen LogP contribution is -2.39. The number of benzene rings is 2. The highest BCUT2D eigenvalue weighted by atomic mass is 19.4. The van der Waals surface area contributed by atoms with E-state index in [2.05, 4.69) is 4.74 Å². The molecular weight excluding hydrogens is 416 g/mol. The second-order valence-corrected chi connectivity index (χ2v) is 5.71. The number of ether oxygens (including phenoxy) is 1. The van der Waals surface area contributed by atoms with Crippen LogP contribution in [0.2, 0.25) is 0 Å². The maximum Gasteiger partial charge on any atom is 0.416 e. The van der Waals surface area contributed by atoms with Crippen LogP contribution in [0.1, 0.15) is 27.0 Å². The molecule has 11 heteroatoms. The Bertz CT molecular complexity index is 916. The molecule has 0 N–H and O–H groups in total. The standard InChI is InChI=1S/C18H10F8O3/c19-16(20,14(27)10-5-3-6-12(8-10)17(21,22)23)15(28)29-9-11-4-1-2-7-13(11)18(24,25)26/h1-8H,9H2. The van der Waals surface area contributed by atoms with Crippen LogP contribution in [0.5, 0.6) is 0 Å². The van der Waals surface area contributed by atoms with Gasteiger partial charge in [-0.3, -0.25) is 4.79 Å². The van der Waals surface area contributed by atoms with E-state index in [1.54, 1.807) is 0 Å². The number of rotatable bonds is 5. The summed E-state index contributed by atoms with van der Waals surface area (Å²) >= 11 is 0. The van der Waals surface area contributed by atoms with Gasteiger partial charge in [0.05, 0.1) is 11.1 Å². The van der Waals surface area contributed by atoms with E-state index in [0.717, 1.165) is 18.2 Å². The Morgan fingerprint density at radius 2 is 1.41 bits per heavy atom. The van der Waals surface area contributed by atoms with Gasteiger partial charge in [-0.05, 0) is 18.2 Å². The predicted octanol–water partition coefficient (Wildman–Crippen LogP) is 5.29. The van der Waals surface area contributed by atoms with Gasteiger partial charge in [0, 0.05) is 11.1 Å². The zero-order valence-corrected chi connectivity index (χ0v) is 14.1. The van der Waals surface area contributed by atoms with Crippen LogP contribution in [0.4, 0.5) is 35.1 Å². The minimum atomic E-state index is -4.92. The van der Waals surface area contributed by atoms with Crippen LogP contribution in [-0.2, 0) is 28.5 Å². The minimum Gasteiger partial charge on any atom is -0.456 e. The highest BCUT2D eigenvalue weighted by Crippen LogP contribution is 2.33. The molecule has 3 nitrogen and oxygen atoms in total. The molecule has 0 aliphatic carbocycles. The first-order chi connectivity index (χ1) is 13.2. The van der Waals surface area contributed by atoms with Crippen LogP contribution in [-0.4, -0.2) is 17.7 Å². The lowest BCUT2D eigenvalue weighted by Gasteiger charge is -2.17. The number of esters is 1. The van der Waals surface area contributed by atoms with E-state index >= 15 is 0 Å². The van der Waals surface area contributed by atoms with Crippen molar-refractivity contribution in [3.05, 3.63) is 70.8 Å². The summed E-state index contributed by atoms with van der Waals surface area (Å²) in [5.74, 6) is -9.67. The van der Waals surface area contributed by atoms with Crippen LogP contribution in [0, 0.1) is 0 Å². The monoisotopic (exact) mass is 426 g/mol. The number of hydrogen-bond acceptors (Lipinski definition) is 3. The topological polar surface area (TPSA) is 43.4 Å². The number of Topliss-reactive ketones (excluding diaryl/α,β-unsaturated/α-hetero) is 1. The van der Waals surface area contributed by atoms with E-state index in [1.165, 1.54) is 0 Å². The molecule has 2 rings (SSSR count). The van der Waals surface area contributed by atoms with Gasteiger partial charge < -0.3 is 4.74 Å². The van der Waals surface area contributed by atoms with Gasteiger partial charge in [0.15, 0.2) is 0 Å². The van der Waals surface area contributed by atoms with Gasteiger partial charge in [-0.2, -0.15) is 35.1 Å². The molecule has 0 aliphatic rings. The highest BCUT2D eigenvalue weighted by molar-refractivity contribution is 6.13. The number of carbonyl (C=O) groups is 2. The highest BCUT2D eigenvalue weighted by Gasteiger charge is 2.50. The molecule has 156 valence electrons. The van der Waals surface area contributed by atoms with Crippen LogP contribution in [0.3, 0.4) is 0 Å². The van der Waals surface area contributed by atoms with E-state index < -0.39 is 58.9 Å². The lowest BCUT2D eigenvalue weighted by atomic mass is 10.0. The van der Waals surface area contributed by atoms with E-state index in [-0.39, 0.29) is 6.07 Å². The first-order valence-electron chi connectivity index (χ1n) is 7.67. The lowest BCUT2D eigenvalue weighted by molar-refractivity contribution is -0.167. The van der Waals surface area contributed by atoms with E-state index in [1.807, 2.05) is 0 Å². The molecular formula is C18H10F8O3. The van der Waals surface area contributed by atoms with Gasteiger partial charge in [0.2, 0.25) is 5.78 Å². The first-order valence-corrected chi connectivity index (χ1v) is 7.67. The van der Waals surface area contributed by atoms with Crippen LogP contribution >= 0.6 is 0 Å². The van der Waals surface area contributed by atoms with Crippen molar-refractivity contribution in [2.24, 2.45) is 0 Å². The van der Waals surface area contributed by atoms with Crippen molar-refractivity contribution in [1.29, 1.82) is 0 Å². The summed E-state index contributed by atoms with van der Waals surface area (Å²) in [7, 11) is 0. The molecule has 0 fully saturated rings. The zero-order chi connectivity index (χ0) is 22.0. The molecule has 0 saturated carbocycles. The Balaban J connectivity index is 2.20. The second kappa shape index (κ2) is 7.80. The van der Waals surface area contributed by atoms with E-state index in [4.69, 9.17) is 0 Å². The molecule has 0 aliphatic heterocycles. The van der Waals surface area contributed by atoms with Crippen molar-refractivity contribution in [3.8, 4) is 0 Å². The van der Waals surface area contributed by atoms with Gasteiger partial charge in [-0.25, -0.2) is 4.79 Å². The second-order valence-electron chi connectivity index (χ2n) is 5.71. The maximum atomic E-state index is 14.0. The van der Waals surface area contributed by atoms with Gasteiger partial charge >= 0.3 is 24.2 Å². The smallest absolute Gasteiger partial charge is 0.416 e. The molecule has 0 saturated heterocycles. The van der Waals surface area contributed by atoms with Crippen LogP contribution < -0.4 is 0 Å². The molecule has 29 heavy (non-hydrogen) atoms. The fourth-order valence-corrected chi connectivity index (χ4v) is 2.27. The third kappa shape index (κ3) is 5.09. The Morgan fingerprint density at radius 3 is 2.00 bits per heavy atom.